The van der Waals surface area contributed by atoms with E-state index in [9.17, 15) is 5.11 Å². The third kappa shape index (κ3) is 3.52. The number of halogens is 1. The molecule has 1 heterocycles. The minimum Gasteiger partial charge on any atom is -0.493 e. The van der Waals surface area contributed by atoms with Crippen LogP contribution >= 0.6 is 11.6 Å². The fourth-order valence-corrected chi connectivity index (χ4v) is 2.71. The van der Waals surface area contributed by atoms with Gasteiger partial charge in [-0.2, -0.15) is 0 Å². The molecule has 1 N–H and O–H groups in total. The Kier molecular flexibility index (Phi) is 4.91. The lowest BCUT2D eigenvalue weighted by atomic mass is 10.1. The normalized spacial score (nSPS) is 13.2. The number of fused-ring (bicyclic) bond motifs is 1. The van der Waals surface area contributed by atoms with E-state index in [2.05, 4.69) is 0 Å². The topological polar surface area (TPSA) is 57.2 Å². The molecular weight excluding hydrogens is 320 g/mol. The SMILES string of the molecule is COc1cc(CO)ccc1OCc1cc(Cl)cc2c1OCOC2. The molecule has 23 heavy (non-hydrogen) atoms. The van der Waals surface area contributed by atoms with Crippen LogP contribution in [0.1, 0.15) is 16.7 Å². The van der Waals surface area contributed by atoms with Gasteiger partial charge in [0.15, 0.2) is 18.3 Å². The van der Waals surface area contributed by atoms with Crippen LogP contribution in [0.15, 0.2) is 30.3 Å². The van der Waals surface area contributed by atoms with E-state index < -0.39 is 0 Å². The van der Waals surface area contributed by atoms with E-state index in [0.29, 0.717) is 23.1 Å². The van der Waals surface area contributed by atoms with Crippen molar-refractivity contribution in [3.63, 3.8) is 0 Å². The lowest BCUT2D eigenvalue weighted by molar-refractivity contribution is -0.0175. The molecule has 0 spiro atoms. The minimum absolute atomic E-state index is 0.0493. The van der Waals surface area contributed by atoms with Gasteiger partial charge >= 0.3 is 0 Å². The van der Waals surface area contributed by atoms with E-state index in [1.54, 1.807) is 25.3 Å². The van der Waals surface area contributed by atoms with Crippen LogP contribution in [0.2, 0.25) is 5.02 Å². The summed E-state index contributed by atoms with van der Waals surface area (Å²) in [5, 5.41) is 9.79. The van der Waals surface area contributed by atoms with Crippen molar-refractivity contribution < 1.29 is 24.1 Å². The summed E-state index contributed by atoms with van der Waals surface area (Å²) in [4.78, 5) is 0. The molecule has 5 nitrogen and oxygen atoms in total. The Morgan fingerprint density at radius 2 is 2.09 bits per heavy atom. The highest BCUT2D eigenvalue weighted by molar-refractivity contribution is 6.30. The number of benzene rings is 2. The van der Waals surface area contributed by atoms with E-state index in [-0.39, 0.29) is 20.0 Å². The molecule has 2 aromatic rings. The van der Waals surface area contributed by atoms with Crippen molar-refractivity contribution in [3.05, 3.63) is 52.0 Å². The van der Waals surface area contributed by atoms with E-state index in [0.717, 1.165) is 22.4 Å². The summed E-state index contributed by atoms with van der Waals surface area (Å²) in [6, 6.07) is 8.95. The first kappa shape index (κ1) is 15.9. The van der Waals surface area contributed by atoms with Crippen LogP contribution in [0.4, 0.5) is 0 Å². The molecule has 1 aliphatic heterocycles. The van der Waals surface area contributed by atoms with Gasteiger partial charge in [-0.3, -0.25) is 0 Å². The summed E-state index contributed by atoms with van der Waals surface area (Å²) < 4.78 is 22.0. The van der Waals surface area contributed by atoms with Gasteiger partial charge in [-0.25, -0.2) is 0 Å². The van der Waals surface area contributed by atoms with Crippen molar-refractivity contribution in [2.45, 2.75) is 19.8 Å². The highest BCUT2D eigenvalue weighted by Gasteiger charge is 2.17. The molecule has 0 aliphatic carbocycles. The highest BCUT2D eigenvalue weighted by atomic mass is 35.5. The molecule has 0 aromatic heterocycles. The molecule has 0 fully saturated rings. The summed E-state index contributed by atoms with van der Waals surface area (Å²) in [6.45, 7) is 0.928. The second-order valence-electron chi connectivity index (χ2n) is 5.10. The number of aliphatic hydroxyl groups is 1. The molecule has 0 bridgehead atoms. The lowest BCUT2D eigenvalue weighted by Gasteiger charge is -2.21. The lowest BCUT2D eigenvalue weighted by Crippen LogP contribution is -2.14. The molecular formula is C17H17ClO5. The van der Waals surface area contributed by atoms with Crippen LogP contribution in [0.5, 0.6) is 17.2 Å². The molecule has 0 unspecified atom stereocenters. The number of hydrogen-bond acceptors (Lipinski definition) is 5. The zero-order valence-electron chi connectivity index (χ0n) is 12.7. The Hall–Kier alpha value is -1.95. The van der Waals surface area contributed by atoms with Crippen LogP contribution in [-0.2, 0) is 24.6 Å². The van der Waals surface area contributed by atoms with E-state index in [4.69, 9.17) is 30.5 Å². The van der Waals surface area contributed by atoms with Gasteiger partial charge in [0.25, 0.3) is 0 Å². The summed E-state index contributed by atoms with van der Waals surface area (Å²) in [5.74, 6) is 1.91. The molecule has 0 radical (unpaired) electrons. The van der Waals surface area contributed by atoms with Gasteiger partial charge in [0, 0.05) is 16.1 Å². The van der Waals surface area contributed by atoms with Crippen molar-refractivity contribution in [1.29, 1.82) is 0 Å². The Morgan fingerprint density at radius 1 is 1.22 bits per heavy atom. The molecule has 6 heteroatoms. The van der Waals surface area contributed by atoms with E-state index in [1.165, 1.54) is 0 Å². The van der Waals surface area contributed by atoms with Crippen LogP contribution in [0, 0.1) is 0 Å². The first-order valence-corrected chi connectivity index (χ1v) is 7.51. The predicted octanol–water partition coefficient (Wildman–Crippen LogP) is 3.29. The maximum absolute atomic E-state index is 9.18. The van der Waals surface area contributed by atoms with Gasteiger partial charge in [0.05, 0.1) is 20.3 Å². The van der Waals surface area contributed by atoms with Crippen molar-refractivity contribution >= 4 is 11.6 Å². The standard InChI is InChI=1S/C17H17ClO5/c1-20-16-4-11(7-19)2-3-15(16)22-9-13-6-14(18)5-12-8-21-10-23-17(12)13/h2-6,19H,7-10H2,1H3. The summed E-state index contributed by atoms with van der Waals surface area (Å²) in [7, 11) is 1.56. The molecule has 3 rings (SSSR count). The number of ether oxygens (including phenoxy) is 4. The highest BCUT2D eigenvalue weighted by Crippen LogP contribution is 2.34. The van der Waals surface area contributed by atoms with Gasteiger partial charge < -0.3 is 24.1 Å². The van der Waals surface area contributed by atoms with Crippen LogP contribution in [-0.4, -0.2) is 19.0 Å². The molecule has 122 valence electrons. The Bertz CT molecular complexity index is 702. The van der Waals surface area contributed by atoms with Crippen molar-refractivity contribution in [2.75, 3.05) is 13.9 Å². The predicted molar refractivity (Wildman–Crippen MR) is 85.0 cm³/mol. The first-order valence-electron chi connectivity index (χ1n) is 7.13. The maximum Gasteiger partial charge on any atom is 0.189 e. The third-order valence-corrected chi connectivity index (χ3v) is 3.76. The molecule has 2 aromatic carbocycles. The zero-order chi connectivity index (χ0) is 16.2. The van der Waals surface area contributed by atoms with Crippen LogP contribution < -0.4 is 14.2 Å². The fraction of sp³-hybridized carbons (Fsp3) is 0.294. The van der Waals surface area contributed by atoms with Gasteiger partial charge in [-0.1, -0.05) is 17.7 Å². The number of rotatable bonds is 5. The third-order valence-electron chi connectivity index (χ3n) is 3.55. The number of hydrogen-bond donors (Lipinski definition) is 1. The molecule has 0 amide bonds. The second kappa shape index (κ2) is 7.08. The minimum atomic E-state index is -0.0493. The Balaban J connectivity index is 1.82. The zero-order valence-corrected chi connectivity index (χ0v) is 13.4. The van der Waals surface area contributed by atoms with Crippen LogP contribution in [0.3, 0.4) is 0 Å². The first-order chi connectivity index (χ1) is 11.2. The summed E-state index contributed by atoms with van der Waals surface area (Å²) in [6.07, 6.45) is 0. The smallest absolute Gasteiger partial charge is 0.189 e. The number of methoxy groups -OCH3 is 1. The van der Waals surface area contributed by atoms with Crippen molar-refractivity contribution in [1.82, 2.24) is 0 Å². The molecule has 0 atom stereocenters. The molecule has 1 aliphatic rings. The largest absolute Gasteiger partial charge is 0.493 e. The van der Waals surface area contributed by atoms with E-state index >= 15 is 0 Å². The number of aliphatic hydroxyl groups excluding tert-OH is 1. The monoisotopic (exact) mass is 336 g/mol. The average molecular weight is 337 g/mol. The summed E-state index contributed by atoms with van der Waals surface area (Å²) >= 11 is 6.14. The maximum atomic E-state index is 9.18. The van der Waals surface area contributed by atoms with Crippen molar-refractivity contribution in [3.8, 4) is 17.2 Å². The van der Waals surface area contributed by atoms with Gasteiger partial charge in [-0.05, 0) is 29.8 Å². The van der Waals surface area contributed by atoms with Crippen LogP contribution in [0.25, 0.3) is 0 Å². The fourth-order valence-electron chi connectivity index (χ4n) is 2.45. The van der Waals surface area contributed by atoms with Gasteiger partial charge in [0.1, 0.15) is 12.4 Å². The van der Waals surface area contributed by atoms with Crippen molar-refractivity contribution in [2.24, 2.45) is 0 Å². The second-order valence-corrected chi connectivity index (χ2v) is 5.53. The average Bonchev–Trinajstić information content (AvgIpc) is 2.59. The Labute approximate surface area is 139 Å². The van der Waals surface area contributed by atoms with Gasteiger partial charge in [0.2, 0.25) is 0 Å². The van der Waals surface area contributed by atoms with Gasteiger partial charge in [-0.15, -0.1) is 0 Å². The molecule has 0 saturated heterocycles. The Morgan fingerprint density at radius 3 is 2.87 bits per heavy atom. The summed E-state index contributed by atoms with van der Waals surface area (Å²) in [5.41, 5.74) is 2.52. The molecule has 0 saturated carbocycles. The quantitative estimate of drug-likeness (QED) is 0.908. The van der Waals surface area contributed by atoms with E-state index in [1.807, 2.05) is 12.1 Å².